The third-order valence-corrected chi connectivity index (χ3v) is 15.8. The van der Waals surface area contributed by atoms with Crippen LogP contribution in [0, 0.1) is 28.6 Å². The monoisotopic (exact) mass is 820 g/mol. The SMILES string of the molecule is C.C.C.CCOC1C(C)CC[C@@]2(OCC)C13OC(=O)C[C@]2(C)C1(O)C(=O)C(O)=C(C)C13O.CCOC1C(C)CC[C@@]2(OCC)C13OC(=O)C[C@]2(C)[C@@H]1CC(=O)C(C)=C13. The zero-order chi connectivity index (χ0) is 40.5. The summed E-state index contributed by atoms with van der Waals surface area (Å²) >= 11 is 0. The minimum absolute atomic E-state index is 0. The van der Waals surface area contributed by atoms with Crippen molar-refractivity contribution in [2.45, 2.75) is 182 Å². The smallest absolute Gasteiger partial charge is 0.307 e. The number of ether oxygens (including phenoxy) is 6. The normalized spacial score (nSPS) is 46.7. The number of fused-ring (bicyclic) bond motifs is 4. The molecule has 13 nitrogen and oxygen atoms in total. The van der Waals surface area contributed by atoms with E-state index in [9.17, 15) is 34.5 Å². The van der Waals surface area contributed by atoms with E-state index in [2.05, 4.69) is 13.8 Å². The molecule has 13 atom stereocenters. The summed E-state index contributed by atoms with van der Waals surface area (Å²) in [5.74, 6) is -2.29. The molecular formula is C45H72O13. The highest BCUT2D eigenvalue weighted by Crippen LogP contribution is 2.78. The largest absolute Gasteiger partial charge is 0.504 e. The molecule has 330 valence electrons. The van der Waals surface area contributed by atoms with Gasteiger partial charge in [0.1, 0.15) is 23.4 Å². The number of hydrogen-bond donors (Lipinski definition) is 3. The molecule has 0 radical (unpaired) electrons. The van der Waals surface area contributed by atoms with E-state index in [4.69, 9.17) is 28.4 Å². The van der Waals surface area contributed by atoms with Crippen LogP contribution in [0.25, 0.3) is 0 Å². The first-order valence-corrected chi connectivity index (χ1v) is 20.3. The molecule has 3 N–H and O–H groups in total. The van der Waals surface area contributed by atoms with E-state index in [0.29, 0.717) is 38.9 Å². The van der Waals surface area contributed by atoms with Crippen LogP contribution in [0.15, 0.2) is 22.5 Å². The predicted octanol–water partition coefficient (Wildman–Crippen LogP) is 6.30. The Labute approximate surface area is 345 Å². The second-order valence-corrected chi connectivity index (χ2v) is 17.8. The van der Waals surface area contributed by atoms with E-state index in [1.54, 1.807) is 20.8 Å². The van der Waals surface area contributed by atoms with Crippen molar-refractivity contribution in [1.82, 2.24) is 0 Å². The van der Waals surface area contributed by atoms with Crippen molar-refractivity contribution in [3.05, 3.63) is 22.5 Å². The second kappa shape index (κ2) is 15.0. The molecule has 0 amide bonds. The summed E-state index contributed by atoms with van der Waals surface area (Å²) in [7, 11) is 0. The predicted molar refractivity (Wildman–Crippen MR) is 216 cm³/mol. The van der Waals surface area contributed by atoms with Gasteiger partial charge < -0.3 is 43.7 Å². The first-order valence-electron chi connectivity index (χ1n) is 20.3. The molecule has 2 heterocycles. The Morgan fingerprint density at radius 3 is 1.81 bits per heavy atom. The number of allylic oxidation sites excluding steroid dienone is 1. The average molecular weight is 821 g/mol. The molecule has 0 aromatic carbocycles. The third kappa shape index (κ3) is 4.80. The summed E-state index contributed by atoms with van der Waals surface area (Å²) in [5, 5.41) is 34.7. The highest BCUT2D eigenvalue weighted by Gasteiger charge is 2.97. The molecule has 0 aromatic rings. The molecule has 8 rings (SSSR count). The molecule has 4 bridgehead atoms. The van der Waals surface area contributed by atoms with Gasteiger partial charge in [0.25, 0.3) is 0 Å². The van der Waals surface area contributed by atoms with Gasteiger partial charge in [-0.1, -0.05) is 50.0 Å². The standard InChI is InChI=1S/C21H30O8.C21H30O5.3CH4/c1-6-27-16-11(3)8-9-18(28-7-2)17(5)10-13(22)29-21(16,18)19(25)12(4)14(23)15(24)20(17,19)26;1-6-24-18-12(3)8-9-20(25-7-2)19(5)11-16(23)26-21(18,20)17-13(4)15(22)10-14(17)19;;;/h11,16,23,25-26H,6-10H2,1-5H3;12,14,18H,6-11H2,1-5H3;3*1H4/t11?,16?,17-,18-,19?,20?,21?;12?,14-,18?,19-,20+,21?;;;/m01.../s1. The maximum Gasteiger partial charge on any atom is 0.307 e. The van der Waals surface area contributed by atoms with Crippen LogP contribution in [-0.4, -0.2) is 111 Å². The fraction of sp³-hybridized carbons (Fsp3) is 0.822. The Kier molecular flexibility index (Phi) is 12.4. The summed E-state index contributed by atoms with van der Waals surface area (Å²) < 4.78 is 37.4. The van der Waals surface area contributed by atoms with Gasteiger partial charge in [0.2, 0.25) is 11.4 Å². The molecule has 2 saturated heterocycles. The van der Waals surface area contributed by atoms with Crippen LogP contribution in [0.1, 0.15) is 136 Å². The molecule has 58 heavy (non-hydrogen) atoms. The van der Waals surface area contributed by atoms with Crippen molar-refractivity contribution < 1.29 is 62.9 Å². The van der Waals surface area contributed by atoms with E-state index < -0.39 is 68.1 Å². The summed E-state index contributed by atoms with van der Waals surface area (Å²) in [4.78, 5) is 51.5. The number of esters is 2. The third-order valence-electron chi connectivity index (χ3n) is 15.8. The Morgan fingerprint density at radius 1 is 0.724 bits per heavy atom. The number of aliphatic hydroxyl groups excluding tert-OH is 1. The van der Waals surface area contributed by atoms with Crippen molar-refractivity contribution in [2.24, 2.45) is 28.6 Å². The van der Waals surface area contributed by atoms with Crippen molar-refractivity contribution >= 4 is 23.5 Å². The second-order valence-electron chi connectivity index (χ2n) is 17.8. The van der Waals surface area contributed by atoms with Crippen molar-refractivity contribution in [3.8, 4) is 0 Å². The minimum atomic E-state index is -2.49. The Bertz CT molecular complexity index is 1770. The number of rotatable bonds is 8. The quantitative estimate of drug-likeness (QED) is 0.232. The lowest BCUT2D eigenvalue weighted by Gasteiger charge is -2.62. The van der Waals surface area contributed by atoms with E-state index in [1.165, 1.54) is 6.92 Å². The fourth-order valence-electron chi connectivity index (χ4n) is 13.8. The van der Waals surface area contributed by atoms with E-state index >= 15 is 0 Å². The van der Waals surface area contributed by atoms with Gasteiger partial charge in [-0.25, -0.2) is 0 Å². The van der Waals surface area contributed by atoms with Gasteiger partial charge in [-0.15, -0.1) is 0 Å². The molecule has 2 aliphatic heterocycles. The van der Waals surface area contributed by atoms with Crippen LogP contribution in [0.2, 0.25) is 0 Å². The molecule has 0 spiro atoms. The minimum Gasteiger partial charge on any atom is -0.504 e. The zero-order valence-corrected chi connectivity index (χ0v) is 34.1. The molecule has 0 aromatic heterocycles. The van der Waals surface area contributed by atoms with E-state index in [0.717, 1.165) is 24.0 Å². The summed E-state index contributed by atoms with van der Waals surface area (Å²) in [6.07, 6.45) is 2.10. The molecule has 8 unspecified atom stereocenters. The topological polar surface area (TPSA) is 184 Å². The number of carbonyl (C=O) groups is 4. The van der Waals surface area contributed by atoms with Crippen LogP contribution >= 0.6 is 0 Å². The zero-order valence-electron chi connectivity index (χ0n) is 34.1. The van der Waals surface area contributed by atoms with Crippen molar-refractivity contribution in [2.75, 3.05) is 26.4 Å². The molecule has 6 aliphatic carbocycles. The maximum absolute atomic E-state index is 13.2. The molecule has 6 fully saturated rings. The highest BCUT2D eigenvalue weighted by molar-refractivity contribution is 6.08. The van der Waals surface area contributed by atoms with Gasteiger partial charge in [0.15, 0.2) is 28.3 Å². The van der Waals surface area contributed by atoms with Gasteiger partial charge in [0.05, 0.1) is 18.3 Å². The molecule has 4 saturated carbocycles. The number of ketones is 2. The van der Waals surface area contributed by atoms with Gasteiger partial charge >= 0.3 is 11.9 Å². The number of aliphatic hydroxyl groups is 3. The maximum atomic E-state index is 13.2. The van der Waals surface area contributed by atoms with Crippen LogP contribution in [0.4, 0.5) is 0 Å². The Hall–Kier alpha value is -2.68. The number of Topliss-reactive ketones (excluding diaryl/α,β-unsaturated/α-hetero) is 2. The lowest BCUT2D eigenvalue weighted by molar-refractivity contribution is -0.325. The van der Waals surface area contributed by atoms with E-state index in [1.807, 2.05) is 27.7 Å². The van der Waals surface area contributed by atoms with Crippen LogP contribution in [0.3, 0.4) is 0 Å². The first-order chi connectivity index (χ1) is 25.8. The van der Waals surface area contributed by atoms with Gasteiger partial charge in [0, 0.05) is 49.8 Å². The number of hydrogen-bond acceptors (Lipinski definition) is 13. The Balaban J connectivity index is 0.000000245. The lowest BCUT2D eigenvalue weighted by atomic mass is 9.55. The summed E-state index contributed by atoms with van der Waals surface area (Å²) in [6.45, 7) is 20.2. The summed E-state index contributed by atoms with van der Waals surface area (Å²) in [5.41, 5.74) is -10.0. The van der Waals surface area contributed by atoms with Crippen molar-refractivity contribution in [3.63, 3.8) is 0 Å². The fourth-order valence-corrected chi connectivity index (χ4v) is 13.8. The highest BCUT2D eigenvalue weighted by atomic mass is 16.6. The molecule has 8 aliphatic rings. The average Bonchev–Trinajstić information content (AvgIpc) is 3.55. The van der Waals surface area contributed by atoms with Crippen LogP contribution < -0.4 is 0 Å². The van der Waals surface area contributed by atoms with E-state index in [-0.39, 0.29) is 83.1 Å². The molecular weight excluding hydrogens is 748 g/mol. The first kappa shape index (κ1) is 48.0. The Morgan fingerprint density at radius 2 is 1.24 bits per heavy atom. The number of carbonyl (C=O) groups excluding carboxylic acids is 4. The van der Waals surface area contributed by atoms with Gasteiger partial charge in [-0.2, -0.15) is 0 Å². The van der Waals surface area contributed by atoms with Gasteiger partial charge in [-0.3, -0.25) is 19.2 Å². The van der Waals surface area contributed by atoms with Gasteiger partial charge in [-0.05, 0) is 90.2 Å². The van der Waals surface area contributed by atoms with Crippen molar-refractivity contribution in [1.29, 1.82) is 0 Å². The van der Waals surface area contributed by atoms with Crippen LogP contribution in [-0.2, 0) is 47.6 Å². The van der Waals surface area contributed by atoms with Crippen LogP contribution in [0.5, 0.6) is 0 Å². The summed E-state index contributed by atoms with van der Waals surface area (Å²) in [6, 6.07) is 0. The lowest BCUT2D eigenvalue weighted by Crippen LogP contribution is -2.78. The molecule has 13 heteroatoms.